The van der Waals surface area contributed by atoms with Crippen molar-refractivity contribution >= 4 is 11.8 Å². The van der Waals surface area contributed by atoms with Crippen molar-refractivity contribution in [3.63, 3.8) is 0 Å². The highest BCUT2D eigenvalue weighted by Crippen LogP contribution is 2.27. The van der Waals surface area contributed by atoms with Crippen LogP contribution in [-0.4, -0.2) is 34.1 Å². The van der Waals surface area contributed by atoms with Crippen molar-refractivity contribution in [3.8, 4) is 0 Å². The number of anilines is 1. The van der Waals surface area contributed by atoms with E-state index in [-0.39, 0.29) is 18.2 Å². The van der Waals surface area contributed by atoms with Gasteiger partial charge in [-0.05, 0) is 6.92 Å². The lowest BCUT2D eigenvalue weighted by molar-refractivity contribution is -0.138. The first-order chi connectivity index (χ1) is 7.58. The molecule has 0 amide bonds. The lowest BCUT2D eigenvalue weighted by Gasteiger charge is -2.39. The first kappa shape index (κ1) is 10.8. The Morgan fingerprint density at radius 1 is 1.62 bits per heavy atom. The highest BCUT2D eigenvalue weighted by atomic mass is 19.1. The number of nitrogens with zero attached hydrogens (tertiary/aromatic N) is 3. The molecule has 2 rings (SSSR count). The van der Waals surface area contributed by atoms with Crippen molar-refractivity contribution < 1.29 is 14.3 Å². The van der Waals surface area contributed by atoms with Crippen LogP contribution in [0.1, 0.15) is 12.1 Å². The fourth-order valence-electron chi connectivity index (χ4n) is 1.78. The van der Waals surface area contributed by atoms with Crippen LogP contribution < -0.4 is 4.90 Å². The molecule has 0 aromatic carbocycles. The summed E-state index contributed by atoms with van der Waals surface area (Å²) in [4.78, 5) is 19.8. The van der Waals surface area contributed by atoms with E-state index in [4.69, 9.17) is 5.11 Å². The van der Waals surface area contributed by atoms with Gasteiger partial charge in [0.05, 0.1) is 12.1 Å². The maximum absolute atomic E-state index is 13.6. The molecule has 2 heterocycles. The maximum atomic E-state index is 13.6. The Bertz CT molecular complexity index is 419. The third kappa shape index (κ3) is 1.95. The van der Waals surface area contributed by atoms with Gasteiger partial charge in [-0.1, -0.05) is 0 Å². The highest BCUT2D eigenvalue weighted by molar-refractivity contribution is 5.67. The zero-order valence-electron chi connectivity index (χ0n) is 8.85. The van der Waals surface area contributed by atoms with Crippen LogP contribution in [0.15, 0.2) is 6.33 Å². The number of aryl methyl sites for hydroxylation is 1. The fraction of sp³-hybridized carbons (Fsp3) is 0.500. The van der Waals surface area contributed by atoms with E-state index in [0.717, 1.165) is 0 Å². The van der Waals surface area contributed by atoms with E-state index < -0.39 is 11.8 Å². The predicted octanol–water partition coefficient (Wildman–Crippen LogP) is 0.835. The van der Waals surface area contributed by atoms with Crippen molar-refractivity contribution in [3.05, 3.63) is 17.8 Å². The summed E-state index contributed by atoms with van der Waals surface area (Å²) < 4.78 is 13.6. The molecule has 6 heteroatoms. The standard InChI is InChI=1S/C10H12FN3O2/c1-6-9(11)10(13-5-12-6)14-3-7(4-14)2-8(15)16/h5,7H,2-4H2,1H3,(H,15,16). The average Bonchev–Trinajstić information content (AvgIpc) is 2.16. The van der Waals surface area contributed by atoms with Crippen LogP contribution in [0.4, 0.5) is 10.2 Å². The zero-order chi connectivity index (χ0) is 11.7. The van der Waals surface area contributed by atoms with Crippen molar-refractivity contribution in [1.29, 1.82) is 0 Å². The van der Waals surface area contributed by atoms with Crippen LogP contribution in [-0.2, 0) is 4.79 Å². The largest absolute Gasteiger partial charge is 0.481 e. The van der Waals surface area contributed by atoms with Crippen LogP contribution in [0.25, 0.3) is 0 Å². The topological polar surface area (TPSA) is 66.3 Å². The van der Waals surface area contributed by atoms with Gasteiger partial charge in [0, 0.05) is 19.0 Å². The van der Waals surface area contributed by atoms with Gasteiger partial charge >= 0.3 is 5.97 Å². The van der Waals surface area contributed by atoms with Gasteiger partial charge in [0.1, 0.15) is 6.33 Å². The Labute approximate surface area is 91.9 Å². The summed E-state index contributed by atoms with van der Waals surface area (Å²) in [6, 6.07) is 0. The molecule has 0 atom stereocenters. The zero-order valence-corrected chi connectivity index (χ0v) is 8.85. The molecule has 0 saturated carbocycles. The number of hydrogen-bond donors (Lipinski definition) is 1. The third-order valence-corrected chi connectivity index (χ3v) is 2.67. The lowest BCUT2D eigenvalue weighted by Crippen LogP contribution is -2.48. The quantitative estimate of drug-likeness (QED) is 0.825. The normalized spacial score (nSPS) is 16.0. The Balaban J connectivity index is 2.01. The molecule has 0 unspecified atom stereocenters. The minimum Gasteiger partial charge on any atom is -0.481 e. The van der Waals surface area contributed by atoms with E-state index in [1.807, 2.05) is 0 Å². The van der Waals surface area contributed by atoms with E-state index in [0.29, 0.717) is 18.8 Å². The number of rotatable bonds is 3. The van der Waals surface area contributed by atoms with Gasteiger partial charge in [-0.25, -0.2) is 14.4 Å². The van der Waals surface area contributed by atoms with Crippen molar-refractivity contribution in [1.82, 2.24) is 9.97 Å². The Kier molecular flexibility index (Phi) is 2.72. The van der Waals surface area contributed by atoms with Gasteiger partial charge in [-0.3, -0.25) is 4.79 Å². The monoisotopic (exact) mass is 225 g/mol. The number of aliphatic carboxylic acids is 1. The second-order valence-corrected chi connectivity index (χ2v) is 3.97. The summed E-state index contributed by atoms with van der Waals surface area (Å²) >= 11 is 0. The van der Waals surface area contributed by atoms with Crippen LogP contribution >= 0.6 is 0 Å². The van der Waals surface area contributed by atoms with Crippen molar-refractivity contribution in [2.24, 2.45) is 5.92 Å². The number of halogens is 1. The molecule has 1 aliphatic rings. The van der Waals surface area contributed by atoms with E-state index >= 15 is 0 Å². The molecule has 1 fully saturated rings. The molecule has 5 nitrogen and oxygen atoms in total. The predicted molar refractivity (Wildman–Crippen MR) is 54.7 cm³/mol. The van der Waals surface area contributed by atoms with Gasteiger partial charge in [-0.2, -0.15) is 0 Å². The van der Waals surface area contributed by atoms with Gasteiger partial charge in [-0.15, -0.1) is 0 Å². The van der Waals surface area contributed by atoms with Gasteiger partial charge in [0.15, 0.2) is 11.6 Å². The molecular weight excluding hydrogens is 213 g/mol. The summed E-state index contributed by atoms with van der Waals surface area (Å²) in [7, 11) is 0. The Hall–Kier alpha value is -1.72. The van der Waals surface area contributed by atoms with Crippen LogP contribution in [0, 0.1) is 18.7 Å². The molecule has 0 spiro atoms. The summed E-state index contributed by atoms with van der Waals surface area (Å²) in [5.74, 6) is -0.874. The van der Waals surface area contributed by atoms with Gasteiger partial charge < -0.3 is 10.0 Å². The second-order valence-electron chi connectivity index (χ2n) is 3.97. The molecule has 16 heavy (non-hydrogen) atoms. The second kappa shape index (κ2) is 4.03. The summed E-state index contributed by atoms with van der Waals surface area (Å²) in [5, 5.41) is 8.59. The molecule has 86 valence electrons. The molecule has 1 N–H and O–H groups in total. The number of carboxylic acids is 1. The molecule has 0 aliphatic carbocycles. The Morgan fingerprint density at radius 3 is 2.94 bits per heavy atom. The van der Waals surface area contributed by atoms with Crippen molar-refractivity contribution in [2.75, 3.05) is 18.0 Å². The molecule has 1 aromatic heterocycles. The highest BCUT2D eigenvalue weighted by Gasteiger charge is 2.31. The number of carbonyl (C=O) groups is 1. The minimum atomic E-state index is -0.816. The number of aromatic nitrogens is 2. The molecule has 1 aromatic rings. The summed E-state index contributed by atoms with van der Waals surface area (Å²) in [6.45, 7) is 2.66. The van der Waals surface area contributed by atoms with Gasteiger partial charge in [0.2, 0.25) is 0 Å². The SMILES string of the molecule is Cc1ncnc(N2CC(CC(=O)O)C2)c1F. The molecule has 1 aliphatic heterocycles. The van der Waals surface area contributed by atoms with E-state index in [9.17, 15) is 9.18 Å². The Morgan fingerprint density at radius 2 is 2.31 bits per heavy atom. The molecule has 0 radical (unpaired) electrons. The lowest BCUT2D eigenvalue weighted by atomic mass is 9.96. The van der Waals surface area contributed by atoms with E-state index in [1.54, 1.807) is 11.8 Å². The first-order valence-corrected chi connectivity index (χ1v) is 5.01. The minimum absolute atomic E-state index is 0.0900. The van der Waals surface area contributed by atoms with E-state index in [1.165, 1.54) is 6.33 Å². The molecule has 0 bridgehead atoms. The van der Waals surface area contributed by atoms with Crippen LogP contribution in [0.2, 0.25) is 0 Å². The average molecular weight is 225 g/mol. The fourth-order valence-corrected chi connectivity index (χ4v) is 1.78. The maximum Gasteiger partial charge on any atom is 0.303 e. The smallest absolute Gasteiger partial charge is 0.303 e. The number of hydrogen-bond acceptors (Lipinski definition) is 4. The van der Waals surface area contributed by atoms with E-state index in [2.05, 4.69) is 9.97 Å². The number of carboxylic acid groups (broad SMARTS) is 1. The van der Waals surface area contributed by atoms with Gasteiger partial charge in [0.25, 0.3) is 0 Å². The molecule has 1 saturated heterocycles. The van der Waals surface area contributed by atoms with Crippen LogP contribution in [0.3, 0.4) is 0 Å². The first-order valence-electron chi connectivity index (χ1n) is 5.01. The summed E-state index contributed by atoms with van der Waals surface area (Å²) in [5.41, 5.74) is 0.312. The summed E-state index contributed by atoms with van der Waals surface area (Å²) in [6.07, 6.45) is 1.44. The molecular formula is C10H12FN3O2. The van der Waals surface area contributed by atoms with Crippen molar-refractivity contribution in [2.45, 2.75) is 13.3 Å². The van der Waals surface area contributed by atoms with Crippen LogP contribution in [0.5, 0.6) is 0 Å². The third-order valence-electron chi connectivity index (χ3n) is 2.67.